The molecule has 0 aliphatic carbocycles. The number of aliphatic hydroxyl groups is 1. The summed E-state index contributed by atoms with van der Waals surface area (Å²) in [6.45, 7) is 3.06. The van der Waals surface area contributed by atoms with E-state index in [1.807, 2.05) is 0 Å². The van der Waals surface area contributed by atoms with Crippen molar-refractivity contribution in [3.63, 3.8) is 0 Å². The first kappa shape index (κ1) is 17.2. The van der Waals surface area contributed by atoms with Crippen LogP contribution in [0.25, 0.3) is 0 Å². The monoisotopic (exact) mass is 276 g/mol. The van der Waals surface area contributed by atoms with Gasteiger partial charge in [0.25, 0.3) is 0 Å². The second-order valence-corrected chi connectivity index (χ2v) is 4.00. The zero-order valence-corrected chi connectivity index (χ0v) is 11.3. The van der Waals surface area contributed by atoms with Crippen molar-refractivity contribution >= 4 is 18.0 Å². The minimum atomic E-state index is -1.43. The number of hydrogen-bond acceptors (Lipinski definition) is 5. The molecule has 0 aliphatic heterocycles. The van der Waals surface area contributed by atoms with Gasteiger partial charge in [-0.3, -0.25) is 4.79 Å². The van der Waals surface area contributed by atoms with Gasteiger partial charge < -0.3 is 25.2 Å². The van der Waals surface area contributed by atoms with Crippen LogP contribution < -0.4 is 5.32 Å². The van der Waals surface area contributed by atoms with Gasteiger partial charge in [-0.1, -0.05) is 6.92 Å². The Bertz CT molecular complexity index is 331. The number of carbonyl (C=O) groups is 3. The molecule has 0 unspecified atom stereocenters. The minimum absolute atomic E-state index is 0.271. The number of urea groups is 1. The first-order chi connectivity index (χ1) is 8.83. The number of amides is 2. The van der Waals surface area contributed by atoms with Crippen molar-refractivity contribution in [1.82, 2.24) is 10.2 Å². The molecule has 0 radical (unpaired) electrons. The lowest BCUT2D eigenvalue weighted by Gasteiger charge is -2.24. The van der Waals surface area contributed by atoms with Crippen LogP contribution in [0.4, 0.5) is 4.79 Å². The Hall–Kier alpha value is -1.83. The summed E-state index contributed by atoms with van der Waals surface area (Å²) in [5.74, 6) is -1.95. The quantitative estimate of drug-likeness (QED) is 0.535. The fourth-order valence-corrected chi connectivity index (χ4v) is 1.36. The Labute approximate surface area is 111 Å². The number of rotatable bonds is 7. The zero-order valence-electron chi connectivity index (χ0n) is 11.3. The number of methoxy groups -OCH3 is 1. The molecular formula is C11H20N2O6. The van der Waals surface area contributed by atoms with Crippen LogP contribution in [-0.2, 0) is 14.3 Å². The lowest BCUT2D eigenvalue weighted by atomic mass is 10.2. The molecule has 0 saturated heterocycles. The fourth-order valence-electron chi connectivity index (χ4n) is 1.36. The summed E-state index contributed by atoms with van der Waals surface area (Å²) < 4.78 is 4.45. The average Bonchev–Trinajstić information content (AvgIpc) is 2.33. The highest BCUT2D eigenvalue weighted by Gasteiger charge is 2.27. The molecular weight excluding hydrogens is 256 g/mol. The van der Waals surface area contributed by atoms with Gasteiger partial charge in [0, 0.05) is 6.54 Å². The zero-order chi connectivity index (χ0) is 15.0. The van der Waals surface area contributed by atoms with Crippen LogP contribution in [0.1, 0.15) is 20.3 Å². The largest absolute Gasteiger partial charge is 0.480 e. The predicted molar refractivity (Wildman–Crippen MR) is 65.5 cm³/mol. The maximum Gasteiger partial charge on any atom is 0.328 e. The van der Waals surface area contributed by atoms with Crippen LogP contribution in [-0.4, -0.2) is 65.4 Å². The van der Waals surface area contributed by atoms with E-state index in [0.717, 1.165) is 4.90 Å². The summed E-state index contributed by atoms with van der Waals surface area (Å²) in [7, 11) is 1.19. The van der Waals surface area contributed by atoms with E-state index in [2.05, 4.69) is 10.1 Å². The van der Waals surface area contributed by atoms with Crippen molar-refractivity contribution in [3.8, 4) is 0 Å². The molecule has 19 heavy (non-hydrogen) atoms. The Balaban J connectivity index is 4.70. The van der Waals surface area contributed by atoms with Crippen LogP contribution >= 0.6 is 0 Å². The third-order valence-electron chi connectivity index (χ3n) is 2.36. The number of carbonyl (C=O) groups excluding carboxylic acids is 2. The van der Waals surface area contributed by atoms with Crippen molar-refractivity contribution in [2.24, 2.45) is 0 Å². The van der Waals surface area contributed by atoms with Gasteiger partial charge in [-0.05, 0) is 13.3 Å². The van der Waals surface area contributed by atoms with Gasteiger partial charge >= 0.3 is 18.0 Å². The second kappa shape index (κ2) is 8.30. The number of aliphatic carboxylic acids is 1. The lowest BCUT2D eigenvalue weighted by Crippen LogP contribution is -2.53. The van der Waals surface area contributed by atoms with E-state index in [4.69, 9.17) is 5.11 Å². The van der Waals surface area contributed by atoms with E-state index in [9.17, 15) is 19.5 Å². The molecule has 2 atom stereocenters. The summed E-state index contributed by atoms with van der Waals surface area (Å²) in [4.78, 5) is 35.0. The van der Waals surface area contributed by atoms with E-state index >= 15 is 0 Å². The summed E-state index contributed by atoms with van der Waals surface area (Å²) in [6.07, 6.45) is -0.653. The molecule has 0 aromatic rings. The fraction of sp³-hybridized carbons (Fsp3) is 0.727. The van der Waals surface area contributed by atoms with Crippen molar-refractivity contribution in [3.05, 3.63) is 0 Å². The maximum absolute atomic E-state index is 11.8. The molecule has 0 saturated carbocycles. The normalized spacial score (nSPS) is 13.3. The molecule has 0 aliphatic rings. The lowest BCUT2D eigenvalue weighted by molar-refractivity contribution is -0.141. The predicted octanol–water partition coefficient (Wildman–Crippen LogP) is -0.585. The van der Waals surface area contributed by atoms with E-state index in [-0.39, 0.29) is 13.1 Å². The molecule has 8 heteroatoms. The molecule has 0 rings (SSSR count). The van der Waals surface area contributed by atoms with E-state index in [0.29, 0.717) is 6.42 Å². The molecule has 0 heterocycles. The standard InChI is InChI=1S/C11H20N2O6/c1-4-5-13(6-8(15)19-3)11(18)12-9(7(2)14)10(16)17/h7,9,14H,4-6H2,1-3H3,(H,12,18)(H,16,17)/t7-,9+/m1/s1. The third kappa shape index (κ3) is 6.05. The van der Waals surface area contributed by atoms with Gasteiger partial charge in [0.15, 0.2) is 6.04 Å². The molecule has 110 valence electrons. The van der Waals surface area contributed by atoms with Crippen LogP contribution in [0.2, 0.25) is 0 Å². The summed E-state index contributed by atoms with van der Waals surface area (Å²) >= 11 is 0. The smallest absolute Gasteiger partial charge is 0.328 e. The summed E-state index contributed by atoms with van der Waals surface area (Å²) in [6, 6.07) is -2.16. The topological polar surface area (TPSA) is 116 Å². The maximum atomic E-state index is 11.8. The number of carboxylic acid groups (broad SMARTS) is 1. The van der Waals surface area contributed by atoms with E-state index < -0.39 is 30.1 Å². The molecule has 2 amide bonds. The SMILES string of the molecule is CCCN(CC(=O)OC)C(=O)N[C@H](C(=O)O)[C@@H](C)O. The number of nitrogens with zero attached hydrogens (tertiary/aromatic N) is 1. The van der Waals surface area contributed by atoms with Gasteiger partial charge in [-0.15, -0.1) is 0 Å². The minimum Gasteiger partial charge on any atom is -0.480 e. The first-order valence-corrected chi connectivity index (χ1v) is 5.86. The first-order valence-electron chi connectivity index (χ1n) is 5.86. The summed E-state index contributed by atoms with van der Waals surface area (Å²) in [5.41, 5.74) is 0. The van der Waals surface area contributed by atoms with Crippen LogP contribution in [0.3, 0.4) is 0 Å². The van der Waals surface area contributed by atoms with E-state index in [1.54, 1.807) is 6.92 Å². The number of esters is 1. The van der Waals surface area contributed by atoms with Gasteiger partial charge in [0.2, 0.25) is 0 Å². The molecule has 0 aromatic carbocycles. The summed E-state index contributed by atoms with van der Waals surface area (Å²) in [5, 5.41) is 20.3. The average molecular weight is 276 g/mol. The highest BCUT2D eigenvalue weighted by atomic mass is 16.5. The van der Waals surface area contributed by atoms with Crippen molar-refractivity contribution in [1.29, 1.82) is 0 Å². The number of nitrogens with one attached hydrogen (secondary N) is 1. The Morgan fingerprint density at radius 1 is 1.37 bits per heavy atom. The van der Waals surface area contributed by atoms with Crippen LogP contribution in [0, 0.1) is 0 Å². The molecule has 0 aromatic heterocycles. The molecule has 0 spiro atoms. The highest BCUT2D eigenvalue weighted by Crippen LogP contribution is 1.99. The van der Waals surface area contributed by atoms with Crippen LogP contribution in [0.5, 0.6) is 0 Å². The van der Waals surface area contributed by atoms with Gasteiger partial charge in [0.05, 0.1) is 13.2 Å². The van der Waals surface area contributed by atoms with Crippen LogP contribution in [0.15, 0.2) is 0 Å². The van der Waals surface area contributed by atoms with E-state index in [1.165, 1.54) is 14.0 Å². The Kier molecular flexibility index (Phi) is 7.50. The number of hydrogen-bond donors (Lipinski definition) is 3. The number of ether oxygens (including phenoxy) is 1. The Morgan fingerprint density at radius 3 is 2.32 bits per heavy atom. The van der Waals surface area contributed by atoms with Crippen molar-refractivity contribution in [2.45, 2.75) is 32.4 Å². The molecule has 3 N–H and O–H groups in total. The Morgan fingerprint density at radius 2 is 1.95 bits per heavy atom. The van der Waals surface area contributed by atoms with Gasteiger partial charge in [0.1, 0.15) is 6.54 Å². The van der Waals surface area contributed by atoms with Crippen molar-refractivity contribution < 1.29 is 29.3 Å². The second-order valence-electron chi connectivity index (χ2n) is 4.00. The number of carboxylic acids is 1. The van der Waals surface area contributed by atoms with Gasteiger partial charge in [-0.25, -0.2) is 9.59 Å². The molecule has 8 nitrogen and oxygen atoms in total. The van der Waals surface area contributed by atoms with Gasteiger partial charge in [-0.2, -0.15) is 0 Å². The molecule has 0 bridgehead atoms. The number of aliphatic hydroxyl groups excluding tert-OH is 1. The third-order valence-corrected chi connectivity index (χ3v) is 2.36. The highest BCUT2D eigenvalue weighted by molar-refractivity contribution is 5.85. The molecule has 0 fully saturated rings. The van der Waals surface area contributed by atoms with Crippen molar-refractivity contribution in [2.75, 3.05) is 20.2 Å².